The first-order chi connectivity index (χ1) is 18.4. The maximum Gasteiger partial charge on any atom is 0.229 e. The van der Waals surface area contributed by atoms with Crippen molar-refractivity contribution in [2.45, 2.75) is 57.2 Å². The lowest BCUT2D eigenvalue weighted by Gasteiger charge is -2.38. The Morgan fingerprint density at radius 1 is 1.32 bits per heavy atom. The maximum atomic E-state index is 12.4. The molecule has 10 heteroatoms. The monoisotopic (exact) mass is 556 g/mol. The SMILES string of the molecule is CCCC(=O)N(C=O)Cc1cc2nccc(-c3cc(Cl)cc4c3N(C3CNC(CO)(CO)C3)CCC4)c2s1. The smallest absolute Gasteiger partial charge is 0.229 e. The predicted molar refractivity (Wildman–Crippen MR) is 151 cm³/mol. The molecule has 0 saturated carbocycles. The number of benzene rings is 1. The van der Waals surface area contributed by atoms with Crippen molar-refractivity contribution in [2.75, 3.05) is 31.2 Å². The molecule has 3 aromatic rings. The number of amides is 2. The summed E-state index contributed by atoms with van der Waals surface area (Å²) < 4.78 is 0.982. The van der Waals surface area contributed by atoms with Gasteiger partial charge in [-0.3, -0.25) is 19.5 Å². The van der Waals surface area contributed by atoms with Crippen LogP contribution in [0.25, 0.3) is 21.3 Å². The third kappa shape index (κ3) is 5.05. The number of rotatable bonds is 9. The van der Waals surface area contributed by atoms with Crippen LogP contribution in [0.1, 0.15) is 43.0 Å². The van der Waals surface area contributed by atoms with Gasteiger partial charge < -0.3 is 20.4 Å². The second-order valence-electron chi connectivity index (χ2n) is 10.3. The van der Waals surface area contributed by atoms with Gasteiger partial charge in [0.05, 0.1) is 35.5 Å². The molecular formula is C28H33ClN4O4S. The molecule has 0 spiro atoms. The summed E-state index contributed by atoms with van der Waals surface area (Å²) in [5, 5.41) is 23.9. The van der Waals surface area contributed by atoms with Crippen LogP contribution in [0.3, 0.4) is 0 Å². The highest BCUT2D eigenvalue weighted by Gasteiger charge is 2.41. The zero-order valence-corrected chi connectivity index (χ0v) is 23.0. The van der Waals surface area contributed by atoms with Crippen molar-refractivity contribution in [1.29, 1.82) is 0 Å². The lowest BCUT2D eigenvalue weighted by molar-refractivity contribution is -0.138. The van der Waals surface area contributed by atoms with E-state index in [1.807, 2.05) is 31.2 Å². The van der Waals surface area contributed by atoms with Crippen LogP contribution < -0.4 is 10.2 Å². The van der Waals surface area contributed by atoms with E-state index in [4.69, 9.17) is 11.6 Å². The summed E-state index contributed by atoms with van der Waals surface area (Å²) in [7, 11) is 0. The summed E-state index contributed by atoms with van der Waals surface area (Å²) >= 11 is 8.19. The van der Waals surface area contributed by atoms with Crippen LogP contribution in [0.2, 0.25) is 5.02 Å². The number of nitrogens with zero attached hydrogens (tertiary/aromatic N) is 3. The van der Waals surface area contributed by atoms with Crippen molar-refractivity contribution in [1.82, 2.24) is 15.2 Å². The molecule has 0 bridgehead atoms. The molecule has 1 aromatic carbocycles. The molecular weight excluding hydrogens is 524 g/mol. The van der Waals surface area contributed by atoms with Crippen LogP contribution in [0.15, 0.2) is 30.5 Å². The standard InChI is InChI=1S/C28H33ClN4O4S/c1-2-4-25(37)32(17-36)14-21-11-24-27(38-21)22(6-7-30-24)23-10-19(29)9-18-5-3-8-33(26(18)23)20-12-28(15-34,16-35)31-13-20/h6-7,9-11,17,20,31,34-35H,2-5,8,12-16H2,1H3. The number of hydrogen-bond acceptors (Lipinski definition) is 8. The lowest BCUT2D eigenvalue weighted by atomic mass is 9.91. The van der Waals surface area contributed by atoms with Crippen LogP contribution in [0.4, 0.5) is 5.69 Å². The van der Waals surface area contributed by atoms with E-state index in [-0.39, 0.29) is 31.7 Å². The van der Waals surface area contributed by atoms with Gasteiger partial charge >= 0.3 is 0 Å². The van der Waals surface area contributed by atoms with Gasteiger partial charge in [0.1, 0.15) is 0 Å². The van der Waals surface area contributed by atoms with E-state index in [0.29, 0.717) is 37.2 Å². The number of pyridine rings is 1. The first-order valence-electron chi connectivity index (χ1n) is 13.1. The van der Waals surface area contributed by atoms with Gasteiger partial charge in [0.15, 0.2) is 0 Å². The van der Waals surface area contributed by atoms with E-state index < -0.39 is 5.54 Å². The molecule has 4 heterocycles. The molecule has 38 heavy (non-hydrogen) atoms. The third-order valence-corrected chi connectivity index (χ3v) is 9.02. The molecule has 0 aliphatic carbocycles. The van der Waals surface area contributed by atoms with Crippen molar-refractivity contribution in [3.63, 3.8) is 0 Å². The number of fused-ring (bicyclic) bond motifs is 2. The molecule has 3 N–H and O–H groups in total. The van der Waals surface area contributed by atoms with Crippen molar-refractivity contribution in [3.05, 3.63) is 45.9 Å². The van der Waals surface area contributed by atoms with Crippen LogP contribution in [0, 0.1) is 0 Å². The molecule has 5 rings (SSSR count). The van der Waals surface area contributed by atoms with Crippen LogP contribution >= 0.6 is 22.9 Å². The second kappa shape index (κ2) is 11.3. The van der Waals surface area contributed by atoms with Gasteiger partial charge in [0.2, 0.25) is 12.3 Å². The van der Waals surface area contributed by atoms with E-state index in [9.17, 15) is 19.8 Å². The van der Waals surface area contributed by atoms with Crippen molar-refractivity contribution < 1.29 is 19.8 Å². The summed E-state index contributed by atoms with van der Waals surface area (Å²) in [6, 6.07) is 8.11. The second-order valence-corrected chi connectivity index (χ2v) is 11.8. The third-order valence-electron chi connectivity index (χ3n) is 7.66. The zero-order valence-electron chi connectivity index (χ0n) is 21.5. The minimum Gasteiger partial charge on any atom is -0.394 e. The number of carbonyl (C=O) groups excluding carboxylic acids is 2. The van der Waals surface area contributed by atoms with Crippen molar-refractivity contribution in [2.24, 2.45) is 0 Å². The average Bonchev–Trinajstić information content (AvgIpc) is 3.55. The number of carbonyl (C=O) groups is 2. The van der Waals surface area contributed by atoms with Crippen LogP contribution in [-0.4, -0.2) is 70.3 Å². The van der Waals surface area contributed by atoms with E-state index in [2.05, 4.69) is 15.2 Å². The summed E-state index contributed by atoms with van der Waals surface area (Å²) in [5.41, 5.74) is 4.48. The fourth-order valence-electron chi connectivity index (χ4n) is 5.74. The Morgan fingerprint density at radius 2 is 2.13 bits per heavy atom. The van der Waals surface area contributed by atoms with Gasteiger partial charge in [0.25, 0.3) is 0 Å². The van der Waals surface area contributed by atoms with Crippen molar-refractivity contribution in [3.8, 4) is 11.1 Å². The minimum atomic E-state index is -0.679. The summed E-state index contributed by atoms with van der Waals surface area (Å²) in [5.74, 6) is -0.181. The van der Waals surface area contributed by atoms with Crippen LogP contribution in [-0.2, 0) is 22.6 Å². The Balaban J connectivity index is 1.56. The Morgan fingerprint density at radius 3 is 2.84 bits per heavy atom. The Hall–Kier alpha value is -2.56. The largest absolute Gasteiger partial charge is 0.394 e. The topological polar surface area (TPSA) is 106 Å². The fraction of sp³-hybridized carbons (Fsp3) is 0.464. The van der Waals surface area contributed by atoms with Gasteiger partial charge in [-0.1, -0.05) is 18.5 Å². The number of hydrogen-bond donors (Lipinski definition) is 3. The first-order valence-corrected chi connectivity index (χ1v) is 14.3. The zero-order chi connectivity index (χ0) is 26.9. The molecule has 202 valence electrons. The number of aryl methyl sites for hydroxylation is 1. The average molecular weight is 557 g/mol. The lowest BCUT2D eigenvalue weighted by Crippen LogP contribution is -2.47. The number of halogens is 1. The Bertz CT molecular complexity index is 1340. The van der Waals surface area contributed by atoms with Crippen molar-refractivity contribution >= 4 is 51.2 Å². The molecule has 0 radical (unpaired) electrons. The number of aromatic nitrogens is 1. The molecule has 2 aromatic heterocycles. The molecule has 1 unspecified atom stereocenters. The van der Waals surface area contributed by atoms with Gasteiger partial charge in [0, 0.05) is 58.5 Å². The Labute approximate surface area is 231 Å². The van der Waals surface area contributed by atoms with Gasteiger partial charge in [-0.05, 0) is 55.5 Å². The van der Waals surface area contributed by atoms with Gasteiger partial charge in [-0.15, -0.1) is 11.3 Å². The number of aliphatic hydroxyl groups excluding tert-OH is 2. The van der Waals surface area contributed by atoms with E-state index in [0.717, 1.165) is 51.3 Å². The van der Waals surface area contributed by atoms with Gasteiger partial charge in [-0.25, -0.2) is 0 Å². The first kappa shape index (κ1) is 27.0. The molecule has 1 atom stereocenters. The highest BCUT2D eigenvalue weighted by molar-refractivity contribution is 7.19. The number of thiophene rings is 1. The molecule has 2 aliphatic heterocycles. The molecule has 2 amide bonds. The quantitative estimate of drug-likeness (QED) is 0.345. The molecule has 1 fully saturated rings. The summed E-state index contributed by atoms with van der Waals surface area (Å²) in [6.07, 6.45) is 5.97. The van der Waals surface area contributed by atoms with E-state index in [1.165, 1.54) is 21.8 Å². The molecule has 8 nitrogen and oxygen atoms in total. The van der Waals surface area contributed by atoms with Gasteiger partial charge in [-0.2, -0.15) is 0 Å². The normalized spacial score (nSPS) is 18.5. The molecule has 1 saturated heterocycles. The predicted octanol–water partition coefficient (Wildman–Crippen LogP) is 3.74. The fourth-order valence-corrected chi connectivity index (χ4v) is 7.12. The number of nitrogens with one attached hydrogen (secondary N) is 1. The summed E-state index contributed by atoms with van der Waals surface area (Å²) in [4.78, 5) is 33.1. The van der Waals surface area contributed by atoms with E-state index in [1.54, 1.807) is 6.20 Å². The van der Waals surface area contributed by atoms with E-state index >= 15 is 0 Å². The summed E-state index contributed by atoms with van der Waals surface area (Å²) in [6.45, 7) is 3.45. The minimum absolute atomic E-state index is 0.115. The highest BCUT2D eigenvalue weighted by atomic mass is 35.5. The molecule has 2 aliphatic rings. The number of aliphatic hydroxyl groups is 2. The highest BCUT2D eigenvalue weighted by Crippen LogP contribution is 2.45. The maximum absolute atomic E-state index is 12.4. The Kier molecular flexibility index (Phi) is 8.02. The number of anilines is 1. The number of imide groups is 1. The van der Waals surface area contributed by atoms with Crippen LogP contribution in [0.5, 0.6) is 0 Å².